The molecule has 2 aromatic carbocycles. The molecular formula is C21H22INO3. The highest BCUT2D eigenvalue weighted by molar-refractivity contribution is 5.90. The molecular weight excluding hydrogens is 441 g/mol. The second-order valence-electron chi connectivity index (χ2n) is 5.68. The Morgan fingerprint density at radius 2 is 1.50 bits per heavy atom. The summed E-state index contributed by atoms with van der Waals surface area (Å²) in [5.74, 6) is 2.10. The van der Waals surface area contributed by atoms with Crippen molar-refractivity contribution in [3.63, 3.8) is 0 Å². The first-order valence-electron chi connectivity index (χ1n) is 8.03. The molecule has 1 heterocycles. The molecule has 0 aliphatic carbocycles. The zero-order valence-corrected chi connectivity index (χ0v) is 17.5. The zero-order chi connectivity index (χ0) is 17.8. The molecule has 0 unspecified atom stereocenters. The maximum Gasteiger partial charge on any atom is 0.212 e. The molecule has 5 heteroatoms. The van der Waals surface area contributed by atoms with E-state index < -0.39 is 0 Å². The molecule has 1 aromatic heterocycles. The van der Waals surface area contributed by atoms with E-state index in [9.17, 15) is 0 Å². The van der Waals surface area contributed by atoms with Crippen molar-refractivity contribution in [3.05, 3.63) is 59.9 Å². The quantitative estimate of drug-likeness (QED) is 0.416. The molecule has 136 valence electrons. The van der Waals surface area contributed by atoms with Crippen molar-refractivity contribution in [1.82, 2.24) is 0 Å². The largest absolute Gasteiger partial charge is 1.00 e. The minimum Gasteiger partial charge on any atom is -1.00 e. The van der Waals surface area contributed by atoms with Crippen LogP contribution in [0, 0.1) is 0 Å². The summed E-state index contributed by atoms with van der Waals surface area (Å²) in [7, 11) is 6.95. The van der Waals surface area contributed by atoms with Gasteiger partial charge in [0.2, 0.25) is 5.69 Å². The van der Waals surface area contributed by atoms with Crippen LogP contribution in [0.2, 0.25) is 0 Å². The summed E-state index contributed by atoms with van der Waals surface area (Å²) in [6.07, 6.45) is 6.15. The van der Waals surface area contributed by atoms with E-state index in [0.717, 1.165) is 11.3 Å². The Morgan fingerprint density at radius 3 is 2.12 bits per heavy atom. The monoisotopic (exact) mass is 463 g/mol. The number of rotatable bonds is 5. The summed E-state index contributed by atoms with van der Waals surface area (Å²) in [5, 5.41) is 2.39. The van der Waals surface area contributed by atoms with Gasteiger partial charge in [-0.25, -0.2) is 4.57 Å². The van der Waals surface area contributed by atoms with Gasteiger partial charge in [-0.3, -0.25) is 0 Å². The van der Waals surface area contributed by atoms with Crippen LogP contribution in [0.1, 0.15) is 11.3 Å². The number of halogens is 1. The normalized spacial score (nSPS) is 10.6. The molecule has 0 amide bonds. The van der Waals surface area contributed by atoms with Crippen LogP contribution in [-0.4, -0.2) is 21.3 Å². The summed E-state index contributed by atoms with van der Waals surface area (Å²) >= 11 is 0. The molecule has 4 nitrogen and oxygen atoms in total. The van der Waals surface area contributed by atoms with Crippen LogP contribution in [0.4, 0.5) is 0 Å². The lowest BCUT2D eigenvalue weighted by Crippen LogP contribution is -3.00. The van der Waals surface area contributed by atoms with E-state index in [1.54, 1.807) is 21.3 Å². The van der Waals surface area contributed by atoms with Gasteiger partial charge in [0.15, 0.2) is 6.20 Å². The summed E-state index contributed by atoms with van der Waals surface area (Å²) in [4.78, 5) is 0. The fraction of sp³-hybridized carbons (Fsp3) is 0.190. The minimum absolute atomic E-state index is 0. The third-order valence-electron chi connectivity index (χ3n) is 4.26. The number of nitrogens with zero attached hydrogens (tertiary/aromatic N) is 1. The van der Waals surface area contributed by atoms with Crippen LogP contribution in [0.5, 0.6) is 17.2 Å². The van der Waals surface area contributed by atoms with Gasteiger partial charge in [-0.1, -0.05) is 18.2 Å². The Hall–Kier alpha value is -2.28. The van der Waals surface area contributed by atoms with Crippen molar-refractivity contribution in [2.24, 2.45) is 7.05 Å². The standard InChI is InChI=1S/C21H22NO3.HI/c1-22-12-11-15-7-5-6-8-17(15)19(22)10-9-18-20(24-3)13-16(23-2)14-21(18)25-4;/h5-14H,1-4H3;1H/q+1;/p-1/b10-9+;. The number of hydrogen-bond donors (Lipinski definition) is 0. The highest BCUT2D eigenvalue weighted by Gasteiger charge is 2.13. The van der Waals surface area contributed by atoms with E-state index in [4.69, 9.17) is 14.2 Å². The minimum atomic E-state index is 0. The molecule has 0 saturated heterocycles. The number of methoxy groups -OCH3 is 3. The lowest BCUT2D eigenvalue weighted by atomic mass is 10.1. The smallest absolute Gasteiger partial charge is 0.212 e. The van der Waals surface area contributed by atoms with Crippen molar-refractivity contribution < 1.29 is 42.8 Å². The van der Waals surface area contributed by atoms with Crippen molar-refractivity contribution >= 4 is 22.9 Å². The maximum atomic E-state index is 5.52. The lowest BCUT2D eigenvalue weighted by Gasteiger charge is -2.12. The first kappa shape index (κ1) is 20.0. The lowest BCUT2D eigenvalue weighted by molar-refractivity contribution is -0.671. The van der Waals surface area contributed by atoms with Gasteiger partial charge < -0.3 is 38.2 Å². The molecule has 0 aliphatic rings. The van der Waals surface area contributed by atoms with Crippen LogP contribution < -0.4 is 42.8 Å². The third kappa shape index (κ3) is 3.93. The zero-order valence-electron chi connectivity index (χ0n) is 15.3. The predicted molar refractivity (Wildman–Crippen MR) is 100 cm³/mol. The van der Waals surface area contributed by atoms with E-state index in [-0.39, 0.29) is 24.0 Å². The number of aromatic nitrogens is 1. The predicted octanol–water partition coefficient (Wildman–Crippen LogP) is 0.864. The van der Waals surface area contributed by atoms with Crippen LogP contribution in [-0.2, 0) is 7.05 Å². The van der Waals surface area contributed by atoms with Crippen molar-refractivity contribution in [3.8, 4) is 17.2 Å². The van der Waals surface area contributed by atoms with Gasteiger partial charge in [0.25, 0.3) is 0 Å². The van der Waals surface area contributed by atoms with Crippen molar-refractivity contribution in [2.45, 2.75) is 0 Å². The molecule has 0 spiro atoms. The Bertz CT molecular complexity index is 913. The molecule has 0 atom stereocenters. The molecule has 3 aromatic rings. The summed E-state index contributed by atoms with van der Waals surface area (Å²) < 4.78 is 18.4. The number of aryl methyl sites for hydroxylation is 1. The summed E-state index contributed by atoms with van der Waals surface area (Å²) in [6, 6.07) is 14.1. The molecule has 0 radical (unpaired) electrons. The highest BCUT2D eigenvalue weighted by atomic mass is 127. The van der Waals surface area contributed by atoms with Crippen LogP contribution >= 0.6 is 0 Å². The van der Waals surface area contributed by atoms with Crippen molar-refractivity contribution in [2.75, 3.05) is 21.3 Å². The second-order valence-corrected chi connectivity index (χ2v) is 5.68. The average Bonchev–Trinajstić information content (AvgIpc) is 2.66. The fourth-order valence-corrected chi connectivity index (χ4v) is 2.90. The van der Waals surface area contributed by atoms with E-state index in [1.165, 1.54) is 10.8 Å². The van der Waals surface area contributed by atoms with Gasteiger partial charge in [-0.15, -0.1) is 0 Å². The van der Waals surface area contributed by atoms with Gasteiger partial charge in [0.05, 0.1) is 32.3 Å². The molecule has 0 saturated carbocycles. The van der Waals surface area contributed by atoms with Crippen molar-refractivity contribution in [1.29, 1.82) is 0 Å². The summed E-state index contributed by atoms with van der Waals surface area (Å²) in [5.41, 5.74) is 1.98. The Balaban J connectivity index is 0.00000243. The number of ether oxygens (including phenoxy) is 3. The number of benzene rings is 2. The topological polar surface area (TPSA) is 31.6 Å². The molecule has 0 N–H and O–H groups in total. The number of fused-ring (bicyclic) bond motifs is 1. The first-order chi connectivity index (χ1) is 12.2. The molecule has 3 rings (SSSR count). The molecule has 0 bridgehead atoms. The van der Waals surface area contributed by atoms with E-state index in [2.05, 4.69) is 35.0 Å². The van der Waals surface area contributed by atoms with Crippen LogP contribution in [0.15, 0.2) is 48.7 Å². The van der Waals surface area contributed by atoms with E-state index >= 15 is 0 Å². The molecule has 26 heavy (non-hydrogen) atoms. The SMILES string of the molecule is COc1cc(OC)c(/C=C/c2c3ccccc3cc[n+]2C)c(OC)c1.[I-]. The van der Waals surface area contributed by atoms with Gasteiger partial charge in [-0.05, 0) is 17.5 Å². The van der Waals surface area contributed by atoms with Gasteiger partial charge in [0, 0.05) is 24.3 Å². The van der Waals surface area contributed by atoms with Gasteiger partial charge in [-0.2, -0.15) is 0 Å². The Kier molecular flexibility index (Phi) is 6.85. The Labute approximate surface area is 171 Å². The van der Waals surface area contributed by atoms with E-state index in [0.29, 0.717) is 17.2 Å². The molecule has 0 aliphatic heterocycles. The fourth-order valence-electron chi connectivity index (χ4n) is 2.90. The number of pyridine rings is 1. The first-order valence-corrected chi connectivity index (χ1v) is 8.03. The van der Waals surface area contributed by atoms with Crippen LogP contribution in [0.25, 0.3) is 22.9 Å². The third-order valence-corrected chi connectivity index (χ3v) is 4.26. The van der Waals surface area contributed by atoms with E-state index in [1.807, 2.05) is 37.4 Å². The Morgan fingerprint density at radius 1 is 0.846 bits per heavy atom. The maximum absolute atomic E-state index is 5.52. The summed E-state index contributed by atoms with van der Waals surface area (Å²) in [6.45, 7) is 0. The van der Waals surface area contributed by atoms with Crippen LogP contribution in [0.3, 0.4) is 0 Å². The number of hydrogen-bond acceptors (Lipinski definition) is 3. The average molecular weight is 463 g/mol. The second kappa shape index (κ2) is 8.89. The van der Waals surface area contributed by atoms with Gasteiger partial charge >= 0.3 is 0 Å². The van der Waals surface area contributed by atoms with Gasteiger partial charge in [0.1, 0.15) is 24.3 Å². The highest BCUT2D eigenvalue weighted by Crippen LogP contribution is 2.35. The molecule has 0 fully saturated rings.